The van der Waals surface area contributed by atoms with E-state index in [0.29, 0.717) is 43.4 Å². The van der Waals surface area contributed by atoms with E-state index in [1.807, 2.05) is 58.6 Å². The smallest absolute Gasteiger partial charge is 0.222 e. The van der Waals surface area contributed by atoms with Gasteiger partial charge in [0.05, 0.1) is 5.54 Å². The topological polar surface area (TPSA) is 41.4 Å². The van der Waals surface area contributed by atoms with Crippen molar-refractivity contribution in [1.29, 1.82) is 0 Å². The summed E-state index contributed by atoms with van der Waals surface area (Å²) in [5, 5.41) is 0.674. The summed E-state index contributed by atoms with van der Waals surface area (Å²) < 4.78 is 29.3. The number of hydrogen-bond acceptors (Lipinski definition) is 3. The van der Waals surface area contributed by atoms with Gasteiger partial charge in [-0.05, 0) is 48.4 Å². The second kappa shape index (κ2) is 9.84. The zero-order valence-corrected chi connectivity index (χ0v) is 21.5. The Bertz CT molecular complexity index is 1260. The molecule has 2 aromatic carbocycles. The van der Waals surface area contributed by atoms with Crippen molar-refractivity contribution >= 4 is 17.5 Å². The molecular formula is C29H31ClF2N4O. The number of carbonyl (C=O) groups excluding carboxylic acids is 1. The Hall–Kier alpha value is -2.77. The van der Waals surface area contributed by atoms with E-state index in [4.69, 9.17) is 11.6 Å². The van der Waals surface area contributed by atoms with Gasteiger partial charge in [-0.25, -0.2) is 13.8 Å². The van der Waals surface area contributed by atoms with Crippen molar-refractivity contribution < 1.29 is 13.6 Å². The van der Waals surface area contributed by atoms with Crippen LogP contribution in [-0.4, -0.2) is 70.3 Å². The highest BCUT2D eigenvalue weighted by Gasteiger charge is 2.45. The van der Waals surface area contributed by atoms with Gasteiger partial charge in [0.2, 0.25) is 5.91 Å². The third kappa shape index (κ3) is 4.36. The summed E-state index contributed by atoms with van der Waals surface area (Å²) in [6, 6.07) is 16.2. The van der Waals surface area contributed by atoms with Crippen LogP contribution in [0.1, 0.15) is 36.8 Å². The molecular weight excluding hydrogens is 494 g/mol. The molecule has 3 aromatic rings. The van der Waals surface area contributed by atoms with Gasteiger partial charge in [0.25, 0.3) is 0 Å². The summed E-state index contributed by atoms with van der Waals surface area (Å²) in [5.41, 5.74) is 2.77. The lowest BCUT2D eigenvalue weighted by molar-refractivity contribution is -0.133. The average Bonchev–Trinajstić information content (AvgIpc) is 3.58. The lowest BCUT2D eigenvalue weighted by Crippen LogP contribution is -2.42. The summed E-state index contributed by atoms with van der Waals surface area (Å²) in [6.07, 6.45) is 3.83. The molecule has 6 rings (SSSR count). The highest BCUT2D eigenvalue weighted by molar-refractivity contribution is 6.30. The molecule has 194 valence electrons. The number of piperidine rings is 1. The molecule has 37 heavy (non-hydrogen) atoms. The first-order valence-electron chi connectivity index (χ1n) is 13.1. The summed E-state index contributed by atoms with van der Waals surface area (Å²) >= 11 is 6.23. The molecule has 3 aliphatic heterocycles. The van der Waals surface area contributed by atoms with Crippen molar-refractivity contribution in [2.24, 2.45) is 5.92 Å². The number of halogens is 3. The molecule has 1 amide bonds. The predicted octanol–water partition coefficient (Wildman–Crippen LogP) is 5.32. The number of hydrogen-bond donors (Lipinski definition) is 0. The number of aromatic nitrogens is 2. The van der Waals surface area contributed by atoms with E-state index in [-0.39, 0.29) is 19.0 Å². The van der Waals surface area contributed by atoms with Gasteiger partial charge < -0.3 is 9.47 Å². The first-order valence-corrected chi connectivity index (χ1v) is 13.5. The fraction of sp³-hybridized carbons (Fsp3) is 0.448. The number of rotatable bonds is 6. The molecule has 0 spiro atoms. The minimum atomic E-state index is -1.37. The zero-order valence-electron chi connectivity index (χ0n) is 20.7. The molecule has 0 saturated carbocycles. The van der Waals surface area contributed by atoms with Gasteiger partial charge in [-0.1, -0.05) is 48.0 Å². The van der Waals surface area contributed by atoms with E-state index in [1.165, 1.54) is 0 Å². The molecule has 3 atom stereocenters. The Kier molecular flexibility index (Phi) is 6.53. The van der Waals surface area contributed by atoms with Gasteiger partial charge in [-0.2, -0.15) is 0 Å². The highest BCUT2D eigenvalue weighted by Crippen LogP contribution is 2.49. The first-order chi connectivity index (χ1) is 18.0. The van der Waals surface area contributed by atoms with Gasteiger partial charge in [-0.15, -0.1) is 0 Å². The third-order valence-electron chi connectivity index (χ3n) is 8.43. The summed E-state index contributed by atoms with van der Waals surface area (Å²) in [5.74, 6) is 1.43. The Balaban J connectivity index is 1.18. The molecule has 1 aromatic heterocycles. The van der Waals surface area contributed by atoms with Crippen molar-refractivity contribution in [2.75, 3.05) is 32.7 Å². The van der Waals surface area contributed by atoms with Crippen LogP contribution < -0.4 is 0 Å². The molecule has 3 aliphatic rings. The molecule has 0 radical (unpaired) electrons. The molecule has 2 fully saturated rings. The molecule has 0 aliphatic carbocycles. The van der Waals surface area contributed by atoms with Crippen LogP contribution in [0, 0.1) is 5.92 Å². The van der Waals surface area contributed by atoms with Gasteiger partial charge in [-0.3, -0.25) is 9.69 Å². The minimum absolute atomic E-state index is 0.145. The normalized spacial score (nSPS) is 25.9. The van der Waals surface area contributed by atoms with Crippen molar-refractivity contribution in [3.8, 4) is 11.4 Å². The van der Waals surface area contributed by atoms with Crippen LogP contribution in [0.15, 0.2) is 60.9 Å². The van der Waals surface area contributed by atoms with Gasteiger partial charge >= 0.3 is 0 Å². The minimum Gasteiger partial charge on any atom is -0.343 e. The first kappa shape index (κ1) is 24.6. The summed E-state index contributed by atoms with van der Waals surface area (Å²) in [4.78, 5) is 22.0. The number of imidazole rings is 1. The monoisotopic (exact) mass is 524 g/mol. The highest BCUT2D eigenvalue weighted by atomic mass is 35.5. The molecule has 0 bridgehead atoms. The number of nitrogens with zero attached hydrogens (tertiary/aromatic N) is 4. The van der Waals surface area contributed by atoms with Crippen molar-refractivity contribution in [3.05, 3.63) is 77.1 Å². The van der Waals surface area contributed by atoms with Crippen LogP contribution in [0.3, 0.4) is 0 Å². The van der Waals surface area contributed by atoms with Crippen molar-refractivity contribution in [3.63, 3.8) is 0 Å². The largest absolute Gasteiger partial charge is 0.343 e. The summed E-state index contributed by atoms with van der Waals surface area (Å²) in [6.45, 7) is 2.46. The van der Waals surface area contributed by atoms with Crippen LogP contribution in [0.25, 0.3) is 11.4 Å². The maximum Gasteiger partial charge on any atom is 0.222 e. The third-order valence-corrected chi connectivity index (χ3v) is 8.68. The van der Waals surface area contributed by atoms with E-state index in [1.54, 1.807) is 0 Å². The zero-order chi connectivity index (χ0) is 25.6. The molecule has 4 heterocycles. The molecule has 0 N–H and O–H groups in total. The number of benzene rings is 2. The van der Waals surface area contributed by atoms with E-state index in [9.17, 15) is 13.6 Å². The molecule has 3 unspecified atom stereocenters. The number of likely N-dealkylation sites (tertiary alicyclic amines) is 2. The van der Waals surface area contributed by atoms with Crippen LogP contribution in [0.5, 0.6) is 0 Å². The molecule has 8 heteroatoms. The second-order valence-corrected chi connectivity index (χ2v) is 11.0. The molecule has 2 saturated heterocycles. The van der Waals surface area contributed by atoms with E-state index < -0.39 is 17.9 Å². The Morgan fingerprint density at radius 1 is 1.03 bits per heavy atom. The van der Waals surface area contributed by atoms with E-state index in [2.05, 4.69) is 21.7 Å². The molecule has 5 nitrogen and oxygen atoms in total. The quantitative estimate of drug-likeness (QED) is 0.438. The van der Waals surface area contributed by atoms with Gasteiger partial charge in [0.15, 0.2) is 0 Å². The average molecular weight is 525 g/mol. The SMILES string of the molecule is O=C(CCC1(c2ccc(Cl)cc2)c2ccccc2-c2nccn21)N1CCC(CN2CC(F)C(F)C2)CC1. The Morgan fingerprint density at radius 3 is 2.46 bits per heavy atom. The standard InChI is InChI=1S/C29H31ClF2N4O/c30-22-7-5-21(6-8-22)29(24-4-2-1-3-23(24)28-33-13-16-36(28)29)12-9-27(37)35-14-10-20(11-15-35)17-34-18-25(31)26(32)19-34/h1-8,13,16,20,25-26H,9-12,14-15,17-19H2. The second-order valence-electron chi connectivity index (χ2n) is 10.6. The van der Waals surface area contributed by atoms with Gasteiger partial charge in [0.1, 0.15) is 18.2 Å². The maximum absolute atomic E-state index is 13.6. The maximum atomic E-state index is 13.6. The number of amides is 1. The fourth-order valence-corrected chi connectivity index (χ4v) is 6.65. The van der Waals surface area contributed by atoms with E-state index >= 15 is 0 Å². The van der Waals surface area contributed by atoms with Crippen LogP contribution in [0.2, 0.25) is 5.02 Å². The van der Waals surface area contributed by atoms with Crippen LogP contribution in [0.4, 0.5) is 8.78 Å². The Morgan fingerprint density at radius 2 is 1.73 bits per heavy atom. The van der Waals surface area contributed by atoms with Gasteiger partial charge in [0, 0.05) is 62.1 Å². The van der Waals surface area contributed by atoms with Crippen molar-refractivity contribution in [2.45, 2.75) is 43.6 Å². The van der Waals surface area contributed by atoms with E-state index in [0.717, 1.165) is 35.4 Å². The number of carbonyl (C=O) groups is 1. The number of fused-ring (bicyclic) bond motifs is 3. The fourth-order valence-electron chi connectivity index (χ4n) is 6.52. The summed E-state index contributed by atoms with van der Waals surface area (Å²) in [7, 11) is 0. The van der Waals surface area contributed by atoms with Crippen LogP contribution in [-0.2, 0) is 10.3 Å². The lowest BCUT2D eigenvalue weighted by Gasteiger charge is -2.36. The Labute approximate surface area is 221 Å². The predicted molar refractivity (Wildman–Crippen MR) is 140 cm³/mol. The van der Waals surface area contributed by atoms with Crippen LogP contribution >= 0.6 is 11.6 Å². The number of alkyl halides is 2. The lowest BCUT2D eigenvalue weighted by atomic mass is 9.79. The van der Waals surface area contributed by atoms with Crippen molar-refractivity contribution in [1.82, 2.24) is 19.4 Å².